The Morgan fingerprint density at radius 1 is 1.00 bits per heavy atom. The molecule has 0 aliphatic heterocycles. The highest BCUT2D eigenvalue weighted by Crippen LogP contribution is 2.31. The van der Waals surface area contributed by atoms with Crippen LogP contribution in [0.25, 0.3) is 16.9 Å². The molecule has 0 aliphatic rings. The standard InChI is InChI=1S/C18H13FN4O/c19-13-3-5-14(6-4-13)21-18-17(12-1-7-15(24)8-2-12)22-16-11-20-9-10-23(16)18/h1-11,21,24H. The van der Waals surface area contributed by atoms with E-state index in [1.165, 1.54) is 12.1 Å². The SMILES string of the molecule is Oc1ccc(-c2nc3cnccn3c2Nc2ccc(F)cc2)cc1. The summed E-state index contributed by atoms with van der Waals surface area (Å²) in [6.45, 7) is 0. The summed E-state index contributed by atoms with van der Waals surface area (Å²) >= 11 is 0. The van der Waals surface area contributed by atoms with Crippen LogP contribution >= 0.6 is 0 Å². The second-order valence-electron chi connectivity index (χ2n) is 5.29. The number of anilines is 2. The number of halogens is 1. The van der Waals surface area contributed by atoms with Crippen LogP contribution in [0.2, 0.25) is 0 Å². The minimum atomic E-state index is -0.290. The van der Waals surface area contributed by atoms with Gasteiger partial charge < -0.3 is 10.4 Å². The molecule has 2 heterocycles. The van der Waals surface area contributed by atoms with Gasteiger partial charge in [0, 0.05) is 23.6 Å². The number of fused-ring (bicyclic) bond motifs is 1. The van der Waals surface area contributed by atoms with Gasteiger partial charge in [-0.15, -0.1) is 0 Å². The molecule has 6 heteroatoms. The summed E-state index contributed by atoms with van der Waals surface area (Å²) in [7, 11) is 0. The van der Waals surface area contributed by atoms with Crippen molar-refractivity contribution >= 4 is 17.2 Å². The molecule has 2 aromatic heterocycles. The topological polar surface area (TPSA) is 62.5 Å². The molecule has 2 aromatic carbocycles. The van der Waals surface area contributed by atoms with Gasteiger partial charge in [0.05, 0.1) is 6.20 Å². The molecule has 0 saturated heterocycles. The highest BCUT2D eigenvalue weighted by molar-refractivity contribution is 5.79. The molecular formula is C18H13FN4O. The largest absolute Gasteiger partial charge is 0.508 e. The molecule has 0 atom stereocenters. The Kier molecular flexibility index (Phi) is 3.35. The average Bonchev–Trinajstić information content (AvgIpc) is 2.96. The summed E-state index contributed by atoms with van der Waals surface area (Å²) in [5.41, 5.74) is 2.99. The first-order valence-electron chi connectivity index (χ1n) is 7.35. The van der Waals surface area contributed by atoms with Crippen LogP contribution in [-0.4, -0.2) is 19.5 Å². The highest BCUT2D eigenvalue weighted by Gasteiger charge is 2.14. The van der Waals surface area contributed by atoms with E-state index in [-0.39, 0.29) is 11.6 Å². The van der Waals surface area contributed by atoms with Crippen LogP contribution in [0.1, 0.15) is 0 Å². The maximum absolute atomic E-state index is 13.1. The second-order valence-corrected chi connectivity index (χ2v) is 5.29. The number of aromatic hydroxyl groups is 1. The van der Waals surface area contributed by atoms with Crippen molar-refractivity contribution in [2.24, 2.45) is 0 Å². The van der Waals surface area contributed by atoms with Crippen LogP contribution in [0.15, 0.2) is 67.1 Å². The average molecular weight is 320 g/mol. The van der Waals surface area contributed by atoms with E-state index in [4.69, 9.17) is 0 Å². The number of nitrogens with one attached hydrogen (secondary N) is 1. The fraction of sp³-hybridized carbons (Fsp3) is 0. The van der Waals surface area contributed by atoms with Gasteiger partial charge in [0.25, 0.3) is 0 Å². The molecule has 4 rings (SSSR count). The van der Waals surface area contributed by atoms with Gasteiger partial charge in [-0.1, -0.05) is 0 Å². The van der Waals surface area contributed by atoms with E-state index in [9.17, 15) is 9.50 Å². The summed E-state index contributed by atoms with van der Waals surface area (Å²) in [5, 5.41) is 12.8. The lowest BCUT2D eigenvalue weighted by molar-refractivity contribution is 0.475. The first-order valence-corrected chi connectivity index (χ1v) is 7.35. The highest BCUT2D eigenvalue weighted by atomic mass is 19.1. The number of hydrogen-bond donors (Lipinski definition) is 2. The van der Waals surface area contributed by atoms with Crippen molar-refractivity contribution < 1.29 is 9.50 Å². The van der Waals surface area contributed by atoms with Crippen LogP contribution in [-0.2, 0) is 0 Å². The molecule has 0 radical (unpaired) electrons. The second kappa shape index (κ2) is 5.66. The molecule has 0 amide bonds. The number of nitrogens with zero attached hydrogens (tertiary/aromatic N) is 3. The molecule has 5 nitrogen and oxygen atoms in total. The fourth-order valence-corrected chi connectivity index (χ4v) is 2.52. The zero-order valence-corrected chi connectivity index (χ0v) is 12.5. The number of phenols is 1. The molecule has 0 unspecified atom stereocenters. The first-order chi connectivity index (χ1) is 11.7. The van der Waals surface area contributed by atoms with E-state index in [1.807, 2.05) is 4.40 Å². The van der Waals surface area contributed by atoms with Crippen molar-refractivity contribution in [1.82, 2.24) is 14.4 Å². The number of imidazole rings is 1. The summed E-state index contributed by atoms with van der Waals surface area (Å²) < 4.78 is 15.0. The van der Waals surface area contributed by atoms with Crippen LogP contribution < -0.4 is 5.32 Å². The van der Waals surface area contributed by atoms with E-state index in [0.29, 0.717) is 11.3 Å². The Balaban J connectivity index is 1.86. The minimum Gasteiger partial charge on any atom is -0.508 e. The van der Waals surface area contributed by atoms with Crippen LogP contribution in [0.3, 0.4) is 0 Å². The Morgan fingerprint density at radius 3 is 2.50 bits per heavy atom. The smallest absolute Gasteiger partial charge is 0.157 e. The maximum Gasteiger partial charge on any atom is 0.157 e. The normalized spacial score (nSPS) is 10.9. The minimum absolute atomic E-state index is 0.192. The predicted molar refractivity (Wildman–Crippen MR) is 89.8 cm³/mol. The van der Waals surface area contributed by atoms with Crippen molar-refractivity contribution in [3.05, 3.63) is 72.9 Å². The van der Waals surface area contributed by atoms with Crippen molar-refractivity contribution in [1.29, 1.82) is 0 Å². The molecular weight excluding hydrogens is 307 g/mol. The zero-order chi connectivity index (χ0) is 16.5. The van der Waals surface area contributed by atoms with E-state index in [2.05, 4.69) is 15.3 Å². The zero-order valence-electron chi connectivity index (χ0n) is 12.5. The first kappa shape index (κ1) is 14.2. The maximum atomic E-state index is 13.1. The molecule has 118 valence electrons. The fourth-order valence-electron chi connectivity index (χ4n) is 2.52. The van der Waals surface area contributed by atoms with Crippen molar-refractivity contribution in [3.8, 4) is 17.0 Å². The van der Waals surface area contributed by atoms with E-state index in [0.717, 1.165) is 17.1 Å². The third kappa shape index (κ3) is 2.54. The monoisotopic (exact) mass is 320 g/mol. The molecule has 0 bridgehead atoms. The van der Waals surface area contributed by atoms with Crippen molar-refractivity contribution in [2.75, 3.05) is 5.32 Å². The molecule has 0 aliphatic carbocycles. The lowest BCUT2D eigenvalue weighted by Gasteiger charge is -2.09. The molecule has 0 spiro atoms. The van der Waals surface area contributed by atoms with Gasteiger partial charge in [0.15, 0.2) is 5.65 Å². The van der Waals surface area contributed by atoms with Gasteiger partial charge in [0.1, 0.15) is 23.1 Å². The third-order valence-electron chi connectivity index (χ3n) is 3.68. The quantitative estimate of drug-likeness (QED) is 0.599. The number of benzene rings is 2. The summed E-state index contributed by atoms with van der Waals surface area (Å²) in [5.74, 6) is 0.642. The summed E-state index contributed by atoms with van der Waals surface area (Å²) in [4.78, 5) is 8.70. The Labute approximate surface area is 137 Å². The predicted octanol–water partition coefficient (Wildman–Crippen LogP) is 3.98. The Hall–Kier alpha value is -3.41. The summed E-state index contributed by atoms with van der Waals surface area (Å²) in [6, 6.07) is 12.9. The number of rotatable bonds is 3. The molecule has 0 fully saturated rings. The van der Waals surface area contributed by atoms with Gasteiger partial charge in [-0.25, -0.2) is 9.37 Å². The van der Waals surface area contributed by atoms with Crippen molar-refractivity contribution in [3.63, 3.8) is 0 Å². The number of phenolic OH excluding ortho intramolecular Hbond substituents is 1. The Morgan fingerprint density at radius 2 is 1.75 bits per heavy atom. The van der Waals surface area contributed by atoms with Crippen LogP contribution in [0.4, 0.5) is 15.9 Å². The van der Waals surface area contributed by atoms with Gasteiger partial charge in [-0.05, 0) is 48.5 Å². The van der Waals surface area contributed by atoms with Crippen molar-refractivity contribution in [2.45, 2.75) is 0 Å². The van der Waals surface area contributed by atoms with Crippen LogP contribution in [0, 0.1) is 5.82 Å². The van der Waals surface area contributed by atoms with E-state index >= 15 is 0 Å². The number of aromatic nitrogens is 3. The van der Waals surface area contributed by atoms with Gasteiger partial charge in [-0.2, -0.15) is 0 Å². The molecule has 2 N–H and O–H groups in total. The molecule has 4 aromatic rings. The molecule has 0 saturated carbocycles. The molecule has 24 heavy (non-hydrogen) atoms. The van der Waals surface area contributed by atoms with E-state index in [1.54, 1.807) is 55.0 Å². The lowest BCUT2D eigenvalue weighted by Crippen LogP contribution is -1.97. The Bertz CT molecular complexity index is 994. The van der Waals surface area contributed by atoms with Crippen LogP contribution in [0.5, 0.6) is 5.75 Å². The third-order valence-corrected chi connectivity index (χ3v) is 3.68. The summed E-state index contributed by atoms with van der Waals surface area (Å²) in [6.07, 6.45) is 5.14. The van der Waals surface area contributed by atoms with Gasteiger partial charge >= 0.3 is 0 Å². The lowest BCUT2D eigenvalue weighted by atomic mass is 10.1. The van der Waals surface area contributed by atoms with Gasteiger partial charge in [0.2, 0.25) is 0 Å². The van der Waals surface area contributed by atoms with E-state index < -0.39 is 0 Å². The number of hydrogen-bond acceptors (Lipinski definition) is 4. The van der Waals surface area contributed by atoms with Gasteiger partial charge in [-0.3, -0.25) is 9.38 Å².